The van der Waals surface area contributed by atoms with Crippen LogP contribution in [-0.2, 0) is 20.7 Å². The Kier molecular flexibility index (Phi) is 8.60. The van der Waals surface area contributed by atoms with Crippen LogP contribution in [0.4, 0.5) is 0 Å². The zero-order chi connectivity index (χ0) is 21.2. The highest BCUT2D eigenvalue weighted by molar-refractivity contribution is 5.96. The highest BCUT2D eigenvalue weighted by Gasteiger charge is 2.10. The number of rotatable bonds is 10. The molecule has 160 valence electrons. The van der Waals surface area contributed by atoms with Gasteiger partial charge in [0, 0.05) is 38.0 Å². The lowest BCUT2D eigenvalue weighted by Gasteiger charge is -2.26. The maximum absolute atomic E-state index is 12.3. The first kappa shape index (κ1) is 22.2. The van der Waals surface area contributed by atoms with Crippen LogP contribution in [0.1, 0.15) is 41.6 Å². The van der Waals surface area contributed by atoms with Gasteiger partial charge in [-0.2, -0.15) is 0 Å². The summed E-state index contributed by atoms with van der Waals surface area (Å²) in [5.74, 6) is -0.108. The number of carbonyl (C=O) groups excluding carboxylic acids is 2. The molecular weight excluding hydrogens is 378 g/mol. The van der Waals surface area contributed by atoms with Crippen LogP contribution in [0, 0.1) is 0 Å². The molecule has 30 heavy (non-hydrogen) atoms. The second-order valence-corrected chi connectivity index (χ2v) is 7.68. The van der Waals surface area contributed by atoms with Gasteiger partial charge in [-0.05, 0) is 36.0 Å². The summed E-state index contributed by atoms with van der Waals surface area (Å²) in [6.07, 6.45) is 3.24. The fraction of sp³-hybridized carbons (Fsp3) is 0.440. The van der Waals surface area contributed by atoms with Gasteiger partial charge in [0.1, 0.15) is 0 Å². The maximum atomic E-state index is 12.3. The minimum Gasteiger partial charge on any atom is -0.469 e. The summed E-state index contributed by atoms with van der Waals surface area (Å²) in [5.41, 5.74) is 4.32. The molecule has 1 aliphatic heterocycles. The molecule has 2 aromatic carbocycles. The van der Waals surface area contributed by atoms with Crippen molar-refractivity contribution in [1.82, 2.24) is 4.90 Å². The van der Waals surface area contributed by atoms with Crippen molar-refractivity contribution in [2.45, 2.75) is 32.1 Å². The Hall–Kier alpha value is -2.50. The third-order valence-corrected chi connectivity index (χ3v) is 5.58. The van der Waals surface area contributed by atoms with E-state index < -0.39 is 0 Å². The van der Waals surface area contributed by atoms with Gasteiger partial charge in [-0.3, -0.25) is 14.5 Å². The van der Waals surface area contributed by atoms with Crippen LogP contribution in [0.3, 0.4) is 0 Å². The zero-order valence-corrected chi connectivity index (χ0v) is 17.8. The van der Waals surface area contributed by atoms with Crippen molar-refractivity contribution >= 4 is 11.8 Å². The number of morpholine rings is 1. The van der Waals surface area contributed by atoms with E-state index in [1.165, 1.54) is 12.7 Å². The molecule has 0 aromatic heterocycles. The molecule has 1 heterocycles. The van der Waals surface area contributed by atoms with Gasteiger partial charge >= 0.3 is 5.97 Å². The first-order chi connectivity index (χ1) is 14.7. The Balaban J connectivity index is 1.47. The van der Waals surface area contributed by atoms with Crippen molar-refractivity contribution in [2.24, 2.45) is 0 Å². The number of carbonyl (C=O) groups is 2. The highest BCUT2D eigenvalue weighted by Crippen LogP contribution is 2.21. The van der Waals surface area contributed by atoms with Crippen molar-refractivity contribution in [2.75, 3.05) is 40.0 Å². The van der Waals surface area contributed by atoms with E-state index in [0.29, 0.717) is 25.7 Å². The Morgan fingerprint density at radius 1 is 0.900 bits per heavy atom. The maximum Gasteiger partial charge on any atom is 0.305 e. The summed E-state index contributed by atoms with van der Waals surface area (Å²) >= 11 is 0. The fourth-order valence-electron chi connectivity index (χ4n) is 3.63. The Morgan fingerprint density at radius 2 is 1.50 bits per heavy atom. The molecule has 0 aliphatic carbocycles. The number of ketones is 1. The van der Waals surface area contributed by atoms with E-state index in [1.807, 2.05) is 24.3 Å². The van der Waals surface area contributed by atoms with E-state index >= 15 is 0 Å². The molecule has 0 bridgehead atoms. The predicted molar refractivity (Wildman–Crippen MR) is 118 cm³/mol. The number of methoxy groups -OCH3 is 1. The third kappa shape index (κ3) is 6.78. The van der Waals surface area contributed by atoms with Crippen LogP contribution < -0.4 is 0 Å². The lowest BCUT2D eigenvalue weighted by atomic mass is 9.99. The predicted octanol–water partition coefficient (Wildman–Crippen LogP) is 4.14. The number of Topliss-reactive ketones (excluding diaryl/α,β-unsaturated/α-hetero) is 1. The molecule has 1 saturated heterocycles. The van der Waals surface area contributed by atoms with Crippen molar-refractivity contribution in [3.63, 3.8) is 0 Å². The lowest BCUT2D eigenvalue weighted by Crippen LogP contribution is -2.37. The Labute approximate surface area is 179 Å². The average molecular weight is 410 g/mol. The number of hydrogen-bond acceptors (Lipinski definition) is 5. The summed E-state index contributed by atoms with van der Waals surface area (Å²) < 4.78 is 10.0. The Bertz CT molecular complexity index is 808. The molecule has 1 fully saturated rings. The summed E-state index contributed by atoms with van der Waals surface area (Å²) in [7, 11) is 1.38. The molecule has 2 aromatic rings. The van der Waals surface area contributed by atoms with Gasteiger partial charge in [-0.25, -0.2) is 0 Å². The molecule has 0 unspecified atom stereocenters. The molecule has 0 N–H and O–H groups in total. The topological polar surface area (TPSA) is 55.8 Å². The molecular formula is C25H31NO4. The first-order valence-corrected chi connectivity index (χ1v) is 10.8. The van der Waals surface area contributed by atoms with Gasteiger partial charge in [0.25, 0.3) is 0 Å². The van der Waals surface area contributed by atoms with Crippen molar-refractivity contribution < 1.29 is 19.1 Å². The van der Waals surface area contributed by atoms with Crippen LogP contribution in [0.5, 0.6) is 0 Å². The molecule has 0 spiro atoms. The summed E-state index contributed by atoms with van der Waals surface area (Å²) in [5, 5.41) is 0. The van der Waals surface area contributed by atoms with Crippen molar-refractivity contribution in [3.05, 3.63) is 59.7 Å². The molecule has 0 saturated carbocycles. The van der Waals surface area contributed by atoms with Crippen molar-refractivity contribution in [3.8, 4) is 11.1 Å². The smallest absolute Gasteiger partial charge is 0.305 e. The Morgan fingerprint density at radius 3 is 2.13 bits per heavy atom. The first-order valence-electron chi connectivity index (χ1n) is 10.8. The monoisotopic (exact) mass is 409 g/mol. The quantitative estimate of drug-likeness (QED) is 0.335. The number of nitrogens with zero attached hydrogens (tertiary/aromatic N) is 1. The van der Waals surface area contributed by atoms with Crippen LogP contribution in [0.25, 0.3) is 11.1 Å². The third-order valence-electron chi connectivity index (χ3n) is 5.58. The molecule has 1 aliphatic rings. The molecule has 0 atom stereocenters. The normalized spacial score (nSPS) is 14.4. The van der Waals surface area contributed by atoms with E-state index in [9.17, 15) is 9.59 Å². The van der Waals surface area contributed by atoms with Crippen LogP contribution in [0.2, 0.25) is 0 Å². The molecule has 5 heteroatoms. The number of hydrogen-bond donors (Lipinski definition) is 0. The van der Waals surface area contributed by atoms with Gasteiger partial charge in [-0.15, -0.1) is 0 Å². The fourth-order valence-corrected chi connectivity index (χ4v) is 3.63. The average Bonchev–Trinajstić information content (AvgIpc) is 2.81. The second-order valence-electron chi connectivity index (χ2n) is 7.68. The van der Waals surface area contributed by atoms with Crippen LogP contribution in [0.15, 0.2) is 48.5 Å². The van der Waals surface area contributed by atoms with E-state index in [2.05, 4.69) is 33.9 Å². The number of unbranched alkanes of at least 4 members (excludes halogenated alkanes) is 1. The second kappa shape index (κ2) is 11.6. The molecule has 0 radical (unpaired) electrons. The van der Waals surface area contributed by atoms with Gasteiger partial charge in [-0.1, -0.05) is 48.5 Å². The minimum atomic E-state index is -0.223. The lowest BCUT2D eigenvalue weighted by molar-refractivity contribution is -0.140. The van der Waals surface area contributed by atoms with Gasteiger partial charge in [0.2, 0.25) is 0 Å². The van der Waals surface area contributed by atoms with Crippen LogP contribution >= 0.6 is 0 Å². The van der Waals surface area contributed by atoms with E-state index in [-0.39, 0.29) is 11.8 Å². The SMILES string of the molecule is COC(=O)CCCCC(=O)c1ccc(-c2ccc(CCN3CCOCC3)cc2)cc1. The minimum absolute atomic E-state index is 0.116. The molecule has 5 nitrogen and oxygen atoms in total. The highest BCUT2D eigenvalue weighted by atomic mass is 16.5. The van der Waals surface area contributed by atoms with Gasteiger partial charge in [0.15, 0.2) is 5.78 Å². The number of benzene rings is 2. The van der Waals surface area contributed by atoms with E-state index in [4.69, 9.17) is 4.74 Å². The molecule has 3 rings (SSSR count). The number of ether oxygens (including phenoxy) is 2. The zero-order valence-electron chi connectivity index (χ0n) is 17.8. The summed E-state index contributed by atoms with van der Waals surface area (Å²) in [4.78, 5) is 25.9. The summed E-state index contributed by atoms with van der Waals surface area (Å²) in [6, 6.07) is 16.5. The van der Waals surface area contributed by atoms with Gasteiger partial charge < -0.3 is 9.47 Å². The van der Waals surface area contributed by atoms with Crippen molar-refractivity contribution in [1.29, 1.82) is 0 Å². The summed E-state index contributed by atoms with van der Waals surface area (Å²) in [6.45, 7) is 4.79. The molecule has 0 amide bonds. The van der Waals surface area contributed by atoms with Gasteiger partial charge in [0.05, 0.1) is 20.3 Å². The largest absolute Gasteiger partial charge is 0.469 e. The van der Waals surface area contributed by atoms with E-state index in [0.717, 1.165) is 56.0 Å². The van der Waals surface area contributed by atoms with Crippen LogP contribution in [-0.4, -0.2) is 56.6 Å². The standard InChI is InChI=1S/C25H31NO4/c1-29-25(28)5-3-2-4-24(27)23-12-10-22(11-13-23)21-8-6-20(7-9-21)14-15-26-16-18-30-19-17-26/h6-13H,2-5,14-19H2,1H3. The van der Waals surface area contributed by atoms with E-state index in [1.54, 1.807) is 0 Å². The number of esters is 1.